The summed E-state index contributed by atoms with van der Waals surface area (Å²) in [4.78, 5) is 27.2. The zero-order chi connectivity index (χ0) is 28.1. The minimum atomic E-state index is -0.551. The molecule has 0 unspecified atom stereocenters. The maximum absolute atomic E-state index is 14.3. The van der Waals surface area contributed by atoms with Crippen LogP contribution in [0.1, 0.15) is 23.1 Å². The Kier molecular flexibility index (Phi) is 8.23. The standard InChI is InChI=1S/C28H27ClFN7O3/c1-2-23-24(32-20-13-18(12-19(29)15-20)17-4-3-5-21(38)14-17)6-7-25(33-23)27(39)35-36-28-31-16-22(30)26(34-28)37-8-10-40-11-9-37/h3-7,12-16,32,38H,2,8-11H2,1H3,(H,35,39)(H,31,34,36). The molecule has 2 aromatic heterocycles. The van der Waals surface area contributed by atoms with Crippen LogP contribution < -0.4 is 21.1 Å². The number of carbonyl (C=O) groups excluding carboxylic acids is 1. The number of nitrogens with zero attached hydrogens (tertiary/aromatic N) is 4. The van der Waals surface area contributed by atoms with E-state index >= 15 is 0 Å². The summed E-state index contributed by atoms with van der Waals surface area (Å²) < 4.78 is 19.6. The fraction of sp³-hybridized carbons (Fsp3) is 0.214. The van der Waals surface area contributed by atoms with Gasteiger partial charge in [-0.3, -0.25) is 15.6 Å². The number of aromatic nitrogens is 3. The normalized spacial score (nSPS) is 13.1. The number of phenolic OH excluding ortho intramolecular Hbond substituents is 1. The first-order valence-electron chi connectivity index (χ1n) is 12.7. The van der Waals surface area contributed by atoms with Crippen molar-refractivity contribution < 1.29 is 19.0 Å². The first-order valence-corrected chi connectivity index (χ1v) is 13.1. The van der Waals surface area contributed by atoms with Crippen molar-refractivity contribution in [1.82, 2.24) is 20.4 Å². The van der Waals surface area contributed by atoms with Gasteiger partial charge in [-0.2, -0.15) is 4.98 Å². The fourth-order valence-corrected chi connectivity index (χ4v) is 4.51. The van der Waals surface area contributed by atoms with Gasteiger partial charge in [-0.05, 0) is 60.0 Å². The molecule has 206 valence electrons. The van der Waals surface area contributed by atoms with Gasteiger partial charge in [0.15, 0.2) is 11.6 Å². The number of aromatic hydroxyl groups is 1. The van der Waals surface area contributed by atoms with Crippen LogP contribution in [0.3, 0.4) is 0 Å². The predicted octanol–water partition coefficient (Wildman–Crippen LogP) is 4.94. The van der Waals surface area contributed by atoms with Crippen LogP contribution in [0.4, 0.5) is 27.5 Å². The molecule has 5 rings (SSSR count). The van der Waals surface area contributed by atoms with E-state index in [1.54, 1.807) is 41.3 Å². The van der Waals surface area contributed by atoms with E-state index in [-0.39, 0.29) is 23.2 Å². The second-order valence-electron chi connectivity index (χ2n) is 8.99. The van der Waals surface area contributed by atoms with E-state index < -0.39 is 11.7 Å². The predicted molar refractivity (Wildman–Crippen MR) is 152 cm³/mol. The largest absolute Gasteiger partial charge is 0.508 e. The zero-order valence-electron chi connectivity index (χ0n) is 21.6. The monoisotopic (exact) mass is 563 g/mol. The smallest absolute Gasteiger partial charge is 0.288 e. The van der Waals surface area contributed by atoms with E-state index in [2.05, 4.69) is 31.1 Å². The van der Waals surface area contributed by atoms with Crippen LogP contribution >= 0.6 is 11.6 Å². The Morgan fingerprint density at radius 1 is 1.10 bits per heavy atom. The lowest BCUT2D eigenvalue weighted by Gasteiger charge is -2.28. The number of phenols is 1. The van der Waals surface area contributed by atoms with Gasteiger partial charge in [-0.15, -0.1) is 0 Å². The minimum Gasteiger partial charge on any atom is -0.508 e. The molecule has 0 saturated carbocycles. The molecule has 1 fully saturated rings. The molecule has 10 nitrogen and oxygen atoms in total. The van der Waals surface area contributed by atoms with Gasteiger partial charge in [0, 0.05) is 23.8 Å². The topological polar surface area (TPSA) is 125 Å². The Morgan fingerprint density at radius 3 is 2.70 bits per heavy atom. The Bertz CT molecular complexity index is 1530. The van der Waals surface area contributed by atoms with Crippen LogP contribution in [0.25, 0.3) is 11.1 Å². The number of anilines is 4. The molecule has 12 heteroatoms. The Balaban J connectivity index is 1.28. The third-order valence-electron chi connectivity index (χ3n) is 6.22. The molecular formula is C28H27ClFN7O3. The number of ether oxygens (including phenoxy) is 1. The van der Waals surface area contributed by atoms with Gasteiger partial charge in [0.25, 0.3) is 5.91 Å². The summed E-state index contributed by atoms with van der Waals surface area (Å²) in [6.07, 6.45) is 1.61. The average molecular weight is 564 g/mol. The van der Waals surface area contributed by atoms with Crippen LogP contribution in [0, 0.1) is 5.82 Å². The van der Waals surface area contributed by atoms with Gasteiger partial charge >= 0.3 is 0 Å². The van der Waals surface area contributed by atoms with E-state index in [4.69, 9.17) is 16.3 Å². The van der Waals surface area contributed by atoms with Gasteiger partial charge in [0.2, 0.25) is 5.95 Å². The number of rotatable bonds is 8. The number of amides is 1. The Morgan fingerprint density at radius 2 is 1.93 bits per heavy atom. The summed E-state index contributed by atoms with van der Waals surface area (Å²) in [5.74, 6) is -0.698. The van der Waals surface area contributed by atoms with Crippen molar-refractivity contribution in [2.45, 2.75) is 13.3 Å². The summed E-state index contributed by atoms with van der Waals surface area (Å²) in [7, 11) is 0. The van der Waals surface area contributed by atoms with E-state index in [1.807, 2.05) is 25.1 Å². The Labute approximate surface area is 235 Å². The summed E-state index contributed by atoms with van der Waals surface area (Å²) in [5.41, 5.74) is 9.10. The van der Waals surface area contributed by atoms with Crippen molar-refractivity contribution in [1.29, 1.82) is 0 Å². The third-order valence-corrected chi connectivity index (χ3v) is 6.44. The van der Waals surface area contributed by atoms with Gasteiger partial charge in [-0.25, -0.2) is 14.4 Å². The van der Waals surface area contributed by atoms with Crippen LogP contribution in [-0.2, 0) is 11.2 Å². The number of pyridine rings is 1. The lowest BCUT2D eigenvalue weighted by Crippen LogP contribution is -2.38. The second-order valence-corrected chi connectivity index (χ2v) is 9.43. The van der Waals surface area contributed by atoms with Crippen LogP contribution in [0.15, 0.2) is 60.8 Å². The highest BCUT2D eigenvalue weighted by Crippen LogP contribution is 2.31. The van der Waals surface area contributed by atoms with E-state index in [0.29, 0.717) is 49.1 Å². The number of hydrazine groups is 1. The lowest BCUT2D eigenvalue weighted by atomic mass is 10.0. The molecule has 1 saturated heterocycles. The highest BCUT2D eigenvalue weighted by atomic mass is 35.5. The maximum Gasteiger partial charge on any atom is 0.288 e. The molecule has 1 aliphatic rings. The molecule has 1 amide bonds. The molecule has 0 spiro atoms. The average Bonchev–Trinajstić information content (AvgIpc) is 2.97. The molecule has 40 heavy (non-hydrogen) atoms. The fourth-order valence-electron chi connectivity index (χ4n) is 4.27. The van der Waals surface area contributed by atoms with Gasteiger partial charge < -0.3 is 20.1 Å². The van der Waals surface area contributed by atoms with Crippen molar-refractivity contribution in [3.63, 3.8) is 0 Å². The molecule has 4 aromatic rings. The quantitative estimate of drug-likeness (QED) is 0.221. The van der Waals surface area contributed by atoms with Gasteiger partial charge in [0.1, 0.15) is 11.4 Å². The molecule has 0 radical (unpaired) electrons. The number of halogens is 2. The summed E-state index contributed by atoms with van der Waals surface area (Å²) in [5, 5.41) is 13.7. The summed E-state index contributed by atoms with van der Waals surface area (Å²) in [6, 6.07) is 15.8. The lowest BCUT2D eigenvalue weighted by molar-refractivity contribution is 0.0957. The second kappa shape index (κ2) is 12.1. The number of nitrogens with one attached hydrogen (secondary N) is 3. The van der Waals surface area contributed by atoms with Crippen LogP contribution in [0.2, 0.25) is 5.02 Å². The molecule has 1 aliphatic heterocycles. The number of carbonyl (C=O) groups is 1. The van der Waals surface area contributed by atoms with Gasteiger partial charge in [-0.1, -0.05) is 30.7 Å². The van der Waals surface area contributed by atoms with Crippen molar-refractivity contribution in [3.8, 4) is 16.9 Å². The molecule has 3 heterocycles. The Hall–Kier alpha value is -4.48. The number of benzene rings is 2. The maximum atomic E-state index is 14.3. The third kappa shape index (κ3) is 6.38. The number of hydrogen-bond donors (Lipinski definition) is 4. The van der Waals surface area contributed by atoms with E-state index in [1.165, 1.54) is 0 Å². The summed E-state index contributed by atoms with van der Waals surface area (Å²) >= 11 is 6.38. The molecule has 2 aromatic carbocycles. The molecule has 0 atom stereocenters. The van der Waals surface area contributed by atoms with Crippen molar-refractivity contribution >= 4 is 40.6 Å². The number of morpholine rings is 1. The van der Waals surface area contributed by atoms with Crippen LogP contribution in [-0.4, -0.2) is 52.3 Å². The first kappa shape index (κ1) is 27.1. The van der Waals surface area contributed by atoms with Crippen LogP contribution in [0.5, 0.6) is 5.75 Å². The zero-order valence-corrected chi connectivity index (χ0v) is 22.4. The van der Waals surface area contributed by atoms with Gasteiger partial charge in [0.05, 0.1) is 30.8 Å². The number of aryl methyl sites for hydroxylation is 1. The molecule has 0 aliphatic carbocycles. The van der Waals surface area contributed by atoms with Crippen molar-refractivity contribution in [3.05, 3.63) is 83.0 Å². The molecule has 0 bridgehead atoms. The molecular weight excluding hydrogens is 537 g/mol. The minimum absolute atomic E-state index is 0.0498. The first-order chi connectivity index (χ1) is 19.4. The van der Waals surface area contributed by atoms with Crippen molar-refractivity contribution in [2.75, 3.05) is 41.9 Å². The van der Waals surface area contributed by atoms with Crippen molar-refractivity contribution in [2.24, 2.45) is 0 Å². The summed E-state index contributed by atoms with van der Waals surface area (Å²) in [6.45, 7) is 3.92. The SMILES string of the molecule is CCc1nc(C(=O)NNc2ncc(F)c(N3CCOCC3)n2)ccc1Nc1cc(Cl)cc(-c2cccc(O)c2)c1. The highest BCUT2D eigenvalue weighted by Gasteiger charge is 2.18. The molecule has 4 N–H and O–H groups in total. The van der Waals surface area contributed by atoms with E-state index in [9.17, 15) is 14.3 Å². The number of hydrogen-bond acceptors (Lipinski definition) is 9. The van der Waals surface area contributed by atoms with E-state index in [0.717, 1.165) is 23.0 Å². The highest BCUT2D eigenvalue weighted by molar-refractivity contribution is 6.31.